The molecule has 0 aliphatic rings. The molecule has 0 fully saturated rings. The van der Waals surface area contributed by atoms with Crippen LogP contribution < -0.4 is 68.2 Å². The van der Waals surface area contributed by atoms with E-state index in [0.717, 1.165) is 22.3 Å². The number of nitrogens with one attached hydrogen (secondary N) is 1. The first-order chi connectivity index (χ1) is 12.8. The van der Waals surface area contributed by atoms with Crippen LogP contribution in [0, 0.1) is 6.07 Å². The van der Waals surface area contributed by atoms with Crippen molar-refractivity contribution < 1.29 is 62.9 Å². The quantitative estimate of drug-likeness (QED) is 0.473. The summed E-state index contributed by atoms with van der Waals surface area (Å²) in [5.74, 6) is 1.30. The third kappa shape index (κ3) is 5.12. The summed E-state index contributed by atoms with van der Waals surface area (Å²) < 4.78 is 5.75. The Morgan fingerprint density at radius 3 is 2.81 bits per heavy atom. The van der Waals surface area contributed by atoms with Gasteiger partial charge >= 0.3 is 58.2 Å². The second-order valence-electron chi connectivity index (χ2n) is 5.55. The maximum Gasteiger partial charge on any atom is 1.00 e. The summed E-state index contributed by atoms with van der Waals surface area (Å²) in [6.45, 7) is 0.361. The molecule has 7 heteroatoms. The smallest absolute Gasteiger partial charge is 0.486 e. The number of benzene rings is 2. The molecule has 27 heavy (non-hydrogen) atoms. The number of hydrogen-bond acceptors (Lipinski definition) is 5. The second kappa shape index (κ2) is 9.71. The van der Waals surface area contributed by atoms with E-state index in [1.807, 2.05) is 48.5 Å². The first-order valence-corrected chi connectivity index (χ1v) is 8.37. The van der Waals surface area contributed by atoms with Gasteiger partial charge in [0.25, 0.3) is 0 Å². The van der Waals surface area contributed by atoms with E-state index in [4.69, 9.17) is 16.3 Å². The van der Waals surface area contributed by atoms with Crippen LogP contribution in [0.4, 0.5) is 11.5 Å². The number of anilines is 2. The van der Waals surface area contributed by atoms with E-state index in [1.54, 1.807) is 12.3 Å². The number of nitrogens with zero attached hydrogens (tertiary/aromatic N) is 3. The normalized spacial score (nSPS) is 10.3. The van der Waals surface area contributed by atoms with E-state index in [1.165, 1.54) is 6.33 Å². The molecule has 0 aliphatic heterocycles. The Kier molecular flexibility index (Phi) is 7.32. The predicted molar refractivity (Wildman–Crippen MR) is 102 cm³/mol. The zero-order valence-electron chi connectivity index (χ0n) is 14.7. The van der Waals surface area contributed by atoms with Crippen molar-refractivity contribution in [2.45, 2.75) is 6.61 Å². The first-order valence-electron chi connectivity index (χ1n) is 8.00. The molecule has 2 aromatic heterocycles. The minimum absolute atomic E-state index is 0. The fourth-order valence-corrected chi connectivity index (χ4v) is 2.75. The minimum Gasteiger partial charge on any atom is -0.486 e. The molecule has 2 aromatic carbocycles. The molecule has 128 valence electrons. The van der Waals surface area contributed by atoms with Crippen LogP contribution in [0.15, 0.2) is 67.1 Å². The van der Waals surface area contributed by atoms with E-state index >= 15 is 0 Å². The van der Waals surface area contributed by atoms with Crippen molar-refractivity contribution in [2.75, 3.05) is 5.32 Å². The SMILES string of the molecule is Clc1cc(Nc2ncnc3cc[c-]cc23)ccc1OCc1ccccn1.[Rb+]. The second-order valence-corrected chi connectivity index (χ2v) is 5.95. The van der Waals surface area contributed by atoms with Crippen molar-refractivity contribution in [2.24, 2.45) is 0 Å². The van der Waals surface area contributed by atoms with Gasteiger partial charge in [-0.15, -0.1) is 6.07 Å². The van der Waals surface area contributed by atoms with Crippen molar-refractivity contribution in [1.82, 2.24) is 15.0 Å². The van der Waals surface area contributed by atoms with Crippen LogP contribution in [-0.4, -0.2) is 15.0 Å². The molecule has 0 saturated carbocycles. The van der Waals surface area contributed by atoms with Gasteiger partial charge in [0.2, 0.25) is 0 Å². The molecular weight excluding hydrogens is 433 g/mol. The molecule has 0 amide bonds. The third-order valence-electron chi connectivity index (χ3n) is 3.78. The molecule has 4 aromatic rings. The largest absolute Gasteiger partial charge is 1.00 e. The van der Waals surface area contributed by atoms with Crippen LogP contribution in [0.5, 0.6) is 5.75 Å². The Morgan fingerprint density at radius 2 is 2.00 bits per heavy atom. The summed E-state index contributed by atoms with van der Waals surface area (Å²) in [7, 11) is 0. The number of halogens is 1. The summed E-state index contributed by atoms with van der Waals surface area (Å²) in [5, 5.41) is 4.67. The first kappa shape index (κ1) is 20.4. The van der Waals surface area contributed by atoms with E-state index in [2.05, 4.69) is 26.3 Å². The maximum atomic E-state index is 6.36. The fourth-order valence-electron chi connectivity index (χ4n) is 2.51. The van der Waals surface area contributed by atoms with E-state index in [-0.39, 0.29) is 58.2 Å². The molecule has 0 atom stereocenters. The molecule has 0 saturated heterocycles. The molecule has 0 radical (unpaired) electrons. The average Bonchev–Trinajstić information content (AvgIpc) is 2.68. The Labute approximate surface area is 211 Å². The van der Waals surface area contributed by atoms with E-state index in [0.29, 0.717) is 23.2 Å². The van der Waals surface area contributed by atoms with Gasteiger partial charge < -0.3 is 10.1 Å². The molecule has 4 rings (SSSR count). The van der Waals surface area contributed by atoms with Crippen molar-refractivity contribution in [3.05, 3.63) is 83.9 Å². The Balaban J connectivity index is 0.00000210. The van der Waals surface area contributed by atoms with Crippen LogP contribution in [0.1, 0.15) is 5.69 Å². The van der Waals surface area contributed by atoms with Crippen molar-refractivity contribution in [3.63, 3.8) is 0 Å². The van der Waals surface area contributed by atoms with Gasteiger partial charge in [-0.3, -0.25) is 9.97 Å². The van der Waals surface area contributed by atoms with Gasteiger partial charge in [-0.25, -0.2) is 4.98 Å². The van der Waals surface area contributed by atoms with Gasteiger partial charge in [0.15, 0.2) is 0 Å². The van der Waals surface area contributed by atoms with Crippen LogP contribution in [0.2, 0.25) is 5.02 Å². The van der Waals surface area contributed by atoms with Crippen LogP contribution in [-0.2, 0) is 6.61 Å². The van der Waals surface area contributed by atoms with Crippen molar-refractivity contribution >= 4 is 34.0 Å². The topological polar surface area (TPSA) is 59.9 Å². The minimum atomic E-state index is 0. The van der Waals surface area contributed by atoms with Gasteiger partial charge in [0.05, 0.1) is 16.5 Å². The number of fused-ring (bicyclic) bond motifs is 1. The van der Waals surface area contributed by atoms with E-state index < -0.39 is 0 Å². The number of pyridine rings is 1. The molecular formula is C20H14ClN4ORb. The van der Waals surface area contributed by atoms with Crippen LogP contribution >= 0.6 is 11.6 Å². The van der Waals surface area contributed by atoms with Crippen molar-refractivity contribution in [3.8, 4) is 5.75 Å². The third-order valence-corrected chi connectivity index (χ3v) is 4.07. The number of rotatable bonds is 5. The zero-order valence-corrected chi connectivity index (χ0v) is 20.4. The molecule has 0 bridgehead atoms. The number of ether oxygens (including phenoxy) is 1. The van der Waals surface area contributed by atoms with Gasteiger partial charge in [-0.2, -0.15) is 18.2 Å². The summed E-state index contributed by atoms with van der Waals surface area (Å²) in [4.78, 5) is 12.8. The Hall–Kier alpha value is -1.37. The average molecular weight is 447 g/mol. The summed E-state index contributed by atoms with van der Waals surface area (Å²) in [5.41, 5.74) is 2.50. The van der Waals surface area contributed by atoms with Gasteiger partial charge in [-0.05, 0) is 35.8 Å². The molecule has 2 heterocycles. The predicted octanol–water partition coefficient (Wildman–Crippen LogP) is 1.80. The number of hydrogen-bond donors (Lipinski definition) is 1. The molecule has 0 aliphatic carbocycles. The molecule has 0 spiro atoms. The monoisotopic (exact) mass is 446 g/mol. The molecule has 5 nitrogen and oxygen atoms in total. The molecule has 1 N–H and O–H groups in total. The van der Waals surface area contributed by atoms with Crippen molar-refractivity contribution in [1.29, 1.82) is 0 Å². The van der Waals surface area contributed by atoms with Gasteiger partial charge in [-0.1, -0.05) is 23.1 Å². The zero-order chi connectivity index (χ0) is 17.8. The summed E-state index contributed by atoms with van der Waals surface area (Å²) >= 11 is 6.36. The summed E-state index contributed by atoms with van der Waals surface area (Å²) in [6.07, 6.45) is 3.26. The van der Waals surface area contributed by atoms with Gasteiger partial charge in [0, 0.05) is 11.9 Å². The van der Waals surface area contributed by atoms with Gasteiger partial charge in [0.1, 0.15) is 18.7 Å². The maximum absolute atomic E-state index is 6.36. The standard InChI is InChI=1S/C20H14ClN4O.Rb/c21-17-11-14(8-9-19(17)26-12-15-5-3-4-10-22-15)25-20-16-6-1-2-7-18(16)23-13-24-20;/h2-11,13H,12H2,(H,23,24,25);/q-1;+1. The Morgan fingerprint density at radius 1 is 1.07 bits per heavy atom. The summed E-state index contributed by atoms with van der Waals surface area (Å²) in [6, 6.07) is 19.8. The fraction of sp³-hybridized carbons (Fsp3) is 0.0500. The molecule has 0 unspecified atom stereocenters. The van der Waals surface area contributed by atoms with Crippen LogP contribution in [0.3, 0.4) is 0 Å². The van der Waals surface area contributed by atoms with E-state index in [9.17, 15) is 0 Å². The Bertz CT molecular complexity index is 1040. The van der Waals surface area contributed by atoms with Crippen LogP contribution in [0.25, 0.3) is 10.9 Å². The number of aromatic nitrogens is 3.